The largest absolute Gasteiger partial charge is 0.573 e. The number of benzene rings is 2. The van der Waals surface area contributed by atoms with E-state index in [0.29, 0.717) is 16.9 Å². The second kappa shape index (κ2) is 9.14. The van der Waals surface area contributed by atoms with Crippen molar-refractivity contribution < 1.29 is 17.9 Å². The highest BCUT2D eigenvalue weighted by Crippen LogP contribution is 2.26. The van der Waals surface area contributed by atoms with Crippen LogP contribution in [0.2, 0.25) is 0 Å². The van der Waals surface area contributed by atoms with Gasteiger partial charge in [-0.3, -0.25) is 4.98 Å². The molecule has 30 heavy (non-hydrogen) atoms. The molecule has 2 aromatic carbocycles. The van der Waals surface area contributed by atoms with E-state index in [1.54, 1.807) is 36.5 Å². The van der Waals surface area contributed by atoms with Gasteiger partial charge in [-0.2, -0.15) is 0 Å². The van der Waals surface area contributed by atoms with Gasteiger partial charge in [-0.05, 0) is 48.5 Å². The number of para-hydroxylation sites is 1. The summed E-state index contributed by atoms with van der Waals surface area (Å²) in [6, 6.07) is 17.9. The zero-order valence-electron chi connectivity index (χ0n) is 15.7. The number of ether oxygens (including phenoxy) is 1. The normalized spacial score (nSPS) is 11.8. The molecule has 0 fully saturated rings. The molecule has 0 saturated carbocycles. The molecule has 0 aliphatic rings. The van der Waals surface area contributed by atoms with Crippen LogP contribution in [-0.4, -0.2) is 22.3 Å². The summed E-state index contributed by atoms with van der Waals surface area (Å²) in [5.41, 5.74) is 8.57. The van der Waals surface area contributed by atoms with Gasteiger partial charge in [0.25, 0.3) is 0 Å². The average molecular weight is 416 g/mol. The van der Waals surface area contributed by atoms with Gasteiger partial charge in [0.2, 0.25) is 0 Å². The van der Waals surface area contributed by atoms with Crippen LogP contribution in [0, 0.1) is 0 Å². The molecule has 5 N–H and O–H groups in total. The standard InChI is InChI=1S/C20H19F3N6O/c21-20(22,23)30-16-10-8-14(9-11-16)27-18-7-2-1-6-17(18)19(24)28-29(25)13-15-5-3-4-12-26-15/h1-12,27H,13,25H2,(H2,24,28). The SMILES string of the molecule is N/C(=N\N(N)Cc1ccccn1)c1ccccc1Nc1ccc(OC(F)(F)F)cc1. The Morgan fingerprint density at radius 2 is 1.73 bits per heavy atom. The smallest absolute Gasteiger partial charge is 0.406 e. The Hall–Kier alpha value is -3.79. The first-order valence-corrected chi connectivity index (χ1v) is 8.78. The highest BCUT2D eigenvalue weighted by atomic mass is 19.4. The maximum absolute atomic E-state index is 12.3. The third-order valence-electron chi connectivity index (χ3n) is 3.86. The van der Waals surface area contributed by atoms with Crippen molar-refractivity contribution in [3.05, 3.63) is 84.2 Å². The highest BCUT2D eigenvalue weighted by molar-refractivity contribution is 6.02. The first-order chi connectivity index (χ1) is 14.3. The summed E-state index contributed by atoms with van der Waals surface area (Å²) in [6.45, 7) is 0.262. The van der Waals surface area contributed by atoms with Crippen LogP contribution >= 0.6 is 0 Å². The monoisotopic (exact) mass is 416 g/mol. The molecule has 0 radical (unpaired) electrons. The van der Waals surface area contributed by atoms with E-state index in [1.807, 2.05) is 12.1 Å². The lowest BCUT2D eigenvalue weighted by Crippen LogP contribution is -2.29. The number of nitrogens with zero attached hydrogens (tertiary/aromatic N) is 3. The molecule has 0 aliphatic heterocycles. The summed E-state index contributed by atoms with van der Waals surface area (Å²) in [7, 11) is 0. The third-order valence-corrected chi connectivity index (χ3v) is 3.86. The number of aromatic nitrogens is 1. The van der Waals surface area contributed by atoms with Crippen LogP contribution in [0.3, 0.4) is 0 Å². The predicted molar refractivity (Wildman–Crippen MR) is 108 cm³/mol. The molecular weight excluding hydrogens is 397 g/mol. The lowest BCUT2D eigenvalue weighted by atomic mass is 10.1. The van der Waals surface area contributed by atoms with Crippen molar-refractivity contribution in [2.45, 2.75) is 12.9 Å². The van der Waals surface area contributed by atoms with Crippen LogP contribution in [0.5, 0.6) is 5.75 Å². The maximum atomic E-state index is 12.3. The van der Waals surface area contributed by atoms with Crippen LogP contribution in [-0.2, 0) is 6.54 Å². The van der Waals surface area contributed by atoms with Crippen molar-refractivity contribution in [2.75, 3.05) is 5.32 Å². The summed E-state index contributed by atoms with van der Waals surface area (Å²) >= 11 is 0. The van der Waals surface area contributed by atoms with Gasteiger partial charge in [-0.1, -0.05) is 18.2 Å². The number of anilines is 2. The molecule has 3 aromatic rings. The van der Waals surface area contributed by atoms with Crippen molar-refractivity contribution in [2.24, 2.45) is 16.7 Å². The van der Waals surface area contributed by atoms with Gasteiger partial charge in [-0.15, -0.1) is 18.3 Å². The fourth-order valence-electron chi connectivity index (χ4n) is 2.60. The lowest BCUT2D eigenvalue weighted by molar-refractivity contribution is -0.274. The van der Waals surface area contributed by atoms with Crippen LogP contribution in [0.25, 0.3) is 0 Å². The molecule has 0 unspecified atom stereocenters. The number of rotatable bonds is 7. The predicted octanol–water partition coefficient (Wildman–Crippen LogP) is 3.72. The summed E-state index contributed by atoms with van der Waals surface area (Å²) in [6.07, 6.45) is -3.09. The minimum absolute atomic E-state index is 0.161. The molecule has 1 aromatic heterocycles. The molecule has 0 saturated heterocycles. The molecule has 10 heteroatoms. The van der Waals surface area contributed by atoms with Crippen molar-refractivity contribution in [1.29, 1.82) is 0 Å². The van der Waals surface area contributed by atoms with Crippen molar-refractivity contribution in [3.63, 3.8) is 0 Å². The number of nitrogens with one attached hydrogen (secondary N) is 1. The van der Waals surface area contributed by atoms with Crippen molar-refractivity contribution in [3.8, 4) is 5.75 Å². The molecule has 0 aliphatic carbocycles. The van der Waals surface area contributed by atoms with E-state index in [9.17, 15) is 13.2 Å². The summed E-state index contributed by atoms with van der Waals surface area (Å²) in [5, 5.41) is 8.46. The van der Waals surface area contributed by atoms with Crippen LogP contribution < -0.4 is 21.6 Å². The first kappa shape index (κ1) is 20.9. The second-order valence-electron chi connectivity index (χ2n) is 6.15. The molecule has 0 amide bonds. The average Bonchev–Trinajstić information content (AvgIpc) is 2.69. The van der Waals surface area contributed by atoms with Gasteiger partial charge in [-0.25, -0.2) is 11.0 Å². The van der Waals surface area contributed by atoms with E-state index in [2.05, 4.69) is 20.1 Å². The zero-order chi connectivity index (χ0) is 21.6. The van der Waals surface area contributed by atoms with Crippen molar-refractivity contribution >= 4 is 17.2 Å². The van der Waals surface area contributed by atoms with E-state index >= 15 is 0 Å². The van der Waals surface area contributed by atoms with E-state index in [4.69, 9.17) is 11.6 Å². The zero-order valence-corrected chi connectivity index (χ0v) is 15.7. The minimum Gasteiger partial charge on any atom is -0.406 e. The minimum atomic E-state index is -4.74. The van der Waals surface area contributed by atoms with Crippen LogP contribution in [0.15, 0.2) is 78.0 Å². The molecule has 0 bridgehead atoms. The Balaban J connectivity index is 1.73. The van der Waals surface area contributed by atoms with E-state index in [0.717, 1.165) is 5.69 Å². The number of amidine groups is 1. The molecule has 3 rings (SSSR count). The fourth-order valence-corrected chi connectivity index (χ4v) is 2.60. The van der Waals surface area contributed by atoms with Crippen LogP contribution in [0.1, 0.15) is 11.3 Å². The molecule has 0 spiro atoms. The number of hydrazine groups is 1. The fraction of sp³-hybridized carbons (Fsp3) is 0.100. The summed E-state index contributed by atoms with van der Waals surface area (Å²) < 4.78 is 40.7. The van der Waals surface area contributed by atoms with E-state index in [-0.39, 0.29) is 18.1 Å². The second-order valence-corrected chi connectivity index (χ2v) is 6.15. The summed E-state index contributed by atoms with van der Waals surface area (Å²) in [5.74, 6) is 5.76. The molecule has 1 heterocycles. The summed E-state index contributed by atoms with van der Waals surface area (Å²) in [4.78, 5) is 4.18. The number of nitrogens with two attached hydrogens (primary N) is 2. The number of hydrazone groups is 1. The Labute approximate surface area is 170 Å². The Kier molecular flexibility index (Phi) is 6.38. The van der Waals surface area contributed by atoms with Gasteiger partial charge in [0.1, 0.15) is 5.75 Å². The van der Waals surface area contributed by atoms with Gasteiger partial charge in [0.05, 0.1) is 12.2 Å². The molecule has 7 nitrogen and oxygen atoms in total. The first-order valence-electron chi connectivity index (χ1n) is 8.78. The molecule has 0 atom stereocenters. The Bertz CT molecular complexity index is 993. The Morgan fingerprint density at radius 1 is 1.03 bits per heavy atom. The van der Waals surface area contributed by atoms with Crippen molar-refractivity contribution in [1.82, 2.24) is 10.1 Å². The highest BCUT2D eigenvalue weighted by Gasteiger charge is 2.30. The number of hydrogen-bond donors (Lipinski definition) is 3. The number of hydrogen-bond acceptors (Lipinski definition) is 6. The van der Waals surface area contributed by atoms with Gasteiger partial charge in [0.15, 0.2) is 5.84 Å². The lowest BCUT2D eigenvalue weighted by Gasteiger charge is -2.16. The van der Waals surface area contributed by atoms with E-state index in [1.165, 1.54) is 29.4 Å². The number of pyridine rings is 1. The Morgan fingerprint density at radius 3 is 2.40 bits per heavy atom. The quantitative estimate of drug-likeness (QED) is 0.235. The van der Waals surface area contributed by atoms with Gasteiger partial charge in [0, 0.05) is 23.1 Å². The van der Waals surface area contributed by atoms with Gasteiger partial charge >= 0.3 is 6.36 Å². The number of alkyl halides is 3. The number of halogens is 3. The molecule has 156 valence electrons. The van der Waals surface area contributed by atoms with E-state index < -0.39 is 6.36 Å². The topological polar surface area (TPSA) is 102 Å². The van der Waals surface area contributed by atoms with Gasteiger partial charge < -0.3 is 15.8 Å². The molecular formula is C20H19F3N6O. The maximum Gasteiger partial charge on any atom is 0.573 e. The van der Waals surface area contributed by atoms with Crippen LogP contribution in [0.4, 0.5) is 24.5 Å². The third kappa shape index (κ3) is 6.11.